The van der Waals surface area contributed by atoms with Crippen molar-refractivity contribution in [3.63, 3.8) is 0 Å². The minimum absolute atomic E-state index is 0.0178. The van der Waals surface area contributed by atoms with E-state index in [2.05, 4.69) is 5.32 Å². The van der Waals surface area contributed by atoms with E-state index < -0.39 is 0 Å². The molecule has 1 aliphatic heterocycles. The van der Waals surface area contributed by atoms with Gasteiger partial charge in [0, 0.05) is 5.69 Å². The average molecular weight is 294 g/mol. The number of thiocarbonyl (C=S) groups is 1. The molecule has 6 heteroatoms. The van der Waals surface area contributed by atoms with E-state index in [1.165, 1.54) is 16.7 Å². The number of hydrogen-bond acceptors (Lipinski definition) is 4. The Morgan fingerprint density at radius 3 is 2.68 bits per heavy atom. The standard InChI is InChI=1S/C13H14N2O2S2/c1-2-10-12(17)15(13(18)19-10)8-11(16)14-9-6-4-3-5-7-9/h3-7,10H,2,8H2,1H3,(H,14,16). The van der Waals surface area contributed by atoms with Crippen LogP contribution in [0.25, 0.3) is 0 Å². The smallest absolute Gasteiger partial charge is 0.244 e. The molecule has 1 heterocycles. The number of carbonyl (C=O) groups is 2. The molecule has 1 fully saturated rings. The van der Waals surface area contributed by atoms with Crippen LogP contribution in [-0.4, -0.2) is 32.8 Å². The van der Waals surface area contributed by atoms with Gasteiger partial charge in [0.25, 0.3) is 0 Å². The van der Waals surface area contributed by atoms with Gasteiger partial charge in [-0.2, -0.15) is 0 Å². The Morgan fingerprint density at radius 2 is 2.11 bits per heavy atom. The van der Waals surface area contributed by atoms with Crippen LogP contribution in [0.4, 0.5) is 5.69 Å². The highest BCUT2D eigenvalue weighted by atomic mass is 32.2. The van der Waals surface area contributed by atoms with Gasteiger partial charge in [0.05, 0.1) is 5.25 Å². The van der Waals surface area contributed by atoms with Gasteiger partial charge in [-0.15, -0.1) is 0 Å². The highest BCUT2D eigenvalue weighted by Crippen LogP contribution is 2.29. The molecule has 0 saturated carbocycles. The lowest BCUT2D eigenvalue weighted by molar-refractivity contribution is -0.129. The SMILES string of the molecule is CCC1SC(=S)N(CC(=O)Nc2ccccc2)C1=O. The third-order valence-electron chi connectivity index (χ3n) is 2.73. The molecule has 1 unspecified atom stereocenters. The molecule has 1 aromatic carbocycles. The molecular formula is C13H14N2O2S2. The Hall–Kier alpha value is -1.40. The number of nitrogens with one attached hydrogen (secondary N) is 1. The lowest BCUT2D eigenvalue weighted by atomic mass is 10.3. The lowest BCUT2D eigenvalue weighted by Crippen LogP contribution is -2.38. The number of benzene rings is 1. The number of amides is 2. The summed E-state index contributed by atoms with van der Waals surface area (Å²) in [5.41, 5.74) is 0.713. The van der Waals surface area contributed by atoms with E-state index in [9.17, 15) is 9.59 Å². The maximum absolute atomic E-state index is 12.0. The fourth-order valence-corrected chi connectivity index (χ4v) is 3.19. The van der Waals surface area contributed by atoms with Crippen LogP contribution in [0.3, 0.4) is 0 Å². The first-order chi connectivity index (χ1) is 9.11. The summed E-state index contributed by atoms with van der Waals surface area (Å²) in [7, 11) is 0. The van der Waals surface area contributed by atoms with Crippen molar-refractivity contribution in [1.82, 2.24) is 4.90 Å². The number of hydrogen-bond donors (Lipinski definition) is 1. The van der Waals surface area contributed by atoms with Crippen LogP contribution in [0, 0.1) is 0 Å². The molecule has 2 rings (SSSR count). The molecule has 0 aliphatic carbocycles. The van der Waals surface area contributed by atoms with Gasteiger partial charge in [-0.25, -0.2) is 0 Å². The first-order valence-corrected chi connectivity index (χ1v) is 7.27. The molecule has 100 valence electrons. The fraction of sp³-hybridized carbons (Fsp3) is 0.308. The Balaban J connectivity index is 1.96. The molecule has 4 nitrogen and oxygen atoms in total. The molecule has 1 aliphatic rings. The largest absolute Gasteiger partial charge is 0.325 e. The second kappa shape index (κ2) is 6.16. The van der Waals surface area contributed by atoms with Crippen molar-refractivity contribution in [3.8, 4) is 0 Å². The first-order valence-electron chi connectivity index (χ1n) is 5.98. The molecule has 2 amide bonds. The molecule has 0 bridgehead atoms. The average Bonchev–Trinajstić information content (AvgIpc) is 2.67. The van der Waals surface area contributed by atoms with Gasteiger partial charge in [0.1, 0.15) is 10.9 Å². The summed E-state index contributed by atoms with van der Waals surface area (Å²) in [5, 5.41) is 2.60. The topological polar surface area (TPSA) is 49.4 Å². The zero-order valence-electron chi connectivity index (χ0n) is 10.5. The highest BCUT2D eigenvalue weighted by Gasteiger charge is 2.36. The Bertz CT molecular complexity index is 505. The van der Waals surface area contributed by atoms with E-state index in [0.717, 1.165) is 6.42 Å². The van der Waals surface area contributed by atoms with E-state index in [0.29, 0.717) is 10.0 Å². The number of para-hydroxylation sites is 1. The molecular weight excluding hydrogens is 280 g/mol. The van der Waals surface area contributed by atoms with Crippen molar-refractivity contribution in [1.29, 1.82) is 0 Å². The first kappa shape index (κ1) is 14.0. The van der Waals surface area contributed by atoms with Gasteiger partial charge in [-0.3, -0.25) is 14.5 Å². The second-order valence-corrected chi connectivity index (χ2v) is 5.96. The van der Waals surface area contributed by atoms with Crippen LogP contribution in [0.15, 0.2) is 30.3 Å². The highest BCUT2D eigenvalue weighted by molar-refractivity contribution is 8.24. The van der Waals surface area contributed by atoms with Gasteiger partial charge in [0.15, 0.2) is 0 Å². The van der Waals surface area contributed by atoms with Crippen LogP contribution in [-0.2, 0) is 9.59 Å². The molecule has 1 saturated heterocycles. The molecule has 1 N–H and O–H groups in total. The van der Waals surface area contributed by atoms with E-state index >= 15 is 0 Å². The van der Waals surface area contributed by atoms with Crippen LogP contribution < -0.4 is 5.32 Å². The fourth-order valence-electron chi connectivity index (χ4n) is 1.77. The summed E-state index contributed by atoms with van der Waals surface area (Å²) >= 11 is 6.49. The number of carbonyl (C=O) groups excluding carboxylic acids is 2. The minimum atomic E-state index is -0.237. The lowest BCUT2D eigenvalue weighted by Gasteiger charge is -2.15. The van der Waals surface area contributed by atoms with Gasteiger partial charge < -0.3 is 5.32 Å². The van der Waals surface area contributed by atoms with Gasteiger partial charge in [-0.1, -0.05) is 49.1 Å². The van der Waals surface area contributed by atoms with E-state index in [1.54, 1.807) is 12.1 Å². The monoisotopic (exact) mass is 294 g/mol. The predicted molar refractivity (Wildman–Crippen MR) is 81.1 cm³/mol. The van der Waals surface area contributed by atoms with Crippen LogP contribution >= 0.6 is 24.0 Å². The van der Waals surface area contributed by atoms with Crippen LogP contribution in [0.5, 0.6) is 0 Å². The van der Waals surface area contributed by atoms with E-state index in [-0.39, 0.29) is 23.6 Å². The quantitative estimate of drug-likeness (QED) is 0.866. The number of anilines is 1. The van der Waals surface area contributed by atoms with Crippen molar-refractivity contribution >= 4 is 45.8 Å². The Kier molecular flexibility index (Phi) is 4.55. The molecule has 19 heavy (non-hydrogen) atoms. The third kappa shape index (κ3) is 3.33. The Morgan fingerprint density at radius 1 is 1.42 bits per heavy atom. The molecule has 1 atom stereocenters. The minimum Gasteiger partial charge on any atom is -0.325 e. The van der Waals surface area contributed by atoms with Gasteiger partial charge in [-0.05, 0) is 18.6 Å². The van der Waals surface area contributed by atoms with Crippen molar-refractivity contribution in [2.24, 2.45) is 0 Å². The van der Waals surface area contributed by atoms with Crippen molar-refractivity contribution in [2.75, 3.05) is 11.9 Å². The van der Waals surface area contributed by atoms with Crippen molar-refractivity contribution < 1.29 is 9.59 Å². The summed E-state index contributed by atoms with van der Waals surface area (Å²) in [4.78, 5) is 25.2. The molecule has 0 radical (unpaired) electrons. The zero-order valence-corrected chi connectivity index (χ0v) is 12.1. The summed E-state index contributed by atoms with van der Waals surface area (Å²) in [6.45, 7) is 1.92. The van der Waals surface area contributed by atoms with Gasteiger partial charge >= 0.3 is 0 Å². The second-order valence-electron chi connectivity index (χ2n) is 4.12. The third-order valence-corrected chi connectivity index (χ3v) is 4.49. The van der Waals surface area contributed by atoms with Gasteiger partial charge in [0.2, 0.25) is 11.8 Å². The summed E-state index contributed by atoms with van der Waals surface area (Å²) < 4.78 is 0.486. The molecule has 0 spiro atoms. The summed E-state index contributed by atoms with van der Waals surface area (Å²) in [6.07, 6.45) is 0.723. The van der Waals surface area contributed by atoms with E-state index in [1.807, 2.05) is 25.1 Å². The molecule has 0 aromatic heterocycles. The zero-order chi connectivity index (χ0) is 13.8. The maximum Gasteiger partial charge on any atom is 0.244 e. The van der Waals surface area contributed by atoms with Crippen LogP contribution in [0.1, 0.15) is 13.3 Å². The summed E-state index contributed by atoms with van der Waals surface area (Å²) in [5.74, 6) is -0.306. The molecule has 1 aromatic rings. The van der Waals surface area contributed by atoms with Crippen molar-refractivity contribution in [3.05, 3.63) is 30.3 Å². The Labute approximate surface area is 121 Å². The number of thioether (sulfide) groups is 1. The summed E-state index contributed by atoms with van der Waals surface area (Å²) in [6, 6.07) is 9.14. The maximum atomic E-state index is 12.0. The van der Waals surface area contributed by atoms with Crippen LogP contribution in [0.2, 0.25) is 0 Å². The number of rotatable bonds is 4. The van der Waals surface area contributed by atoms with E-state index in [4.69, 9.17) is 12.2 Å². The predicted octanol–water partition coefficient (Wildman–Crippen LogP) is 2.26. The normalized spacial score (nSPS) is 18.8. The number of nitrogens with zero attached hydrogens (tertiary/aromatic N) is 1. The van der Waals surface area contributed by atoms with Crippen molar-refractivity contribution in [2.45, 2.75) is 18.6 Å².